The smallest absolute Gasteiger partial charge is 0.264 e. The molecule has 2 amide bonds. The van der Waals surface area contributed by atoms with Crippen LogP contribution >= 0.6 is 23.2 Å². The van der Waals surface area contributed by atoms with Gasteiger partial charge in [-0.05, 0) is 73.0 Å². The molecular formula is C33H33Cl2N3O4S. The van der Waals surface area contributed by atoms with E-state index in [1.807, 2.05) is 36.4 Å². The first-order valence-corrected chi connectivity index (χ1v) is 16.0. The Bertz CT molecular complexity index is 1670. The largest absolute Gasteiger partial charge is 0.355 e. The Balaban J connectivity index is 1.81. The van der Waals surface area contributed by atoms with Crippen LogP contribution in [0, 0.1) is 6.92 Å². The highest BCUT2D eigenvalue weighted by atomic mass is 35.5. The number of hydrogen-bond donors (Lipinski definition) is 1. The first-order valence-electron chi connectivity index (χ1n) is 13.8. The second-order valence-corrected chi connectivity index (χ2v) is 12.7. The number of carbonyl (C=O) groups excluding carboxylic acids is 2. The van der Waals surface area contributed by atoms with E-state index in [4.69, 9.17) is 23.2 Å². The lowest BCUT2D eigenvalue weighted by atomic mass is 10.0. The summed E-state index contributed by atoms with van der Waals surface area (Å²) in [7, 11) is -4.19. The number of rotatable bonds is 12. The molecule has 0 saturated heterocycles. The molecule has 43 heavy (non-hydrogen) atoms. The van der Waals surface area contributed by atoms with Crippen molar-refractivity contribution in [3.05, 3.63) is 130 Å². The second kappa shape index (κ2) is 14.6. The molecule has 7 nitrogen and oxygen atoms in total. The molecule has 0 radical (unpaired) electrons. The van der Waals surface area contributed by atoms with Crippen LogP contribution in [0.15, 0.2) is 108 Å². The van der Waals surface area contributed by atoms with Crippen LogP contribution < -0.4 is 9.62 Å². The van der Waals surface area contributed by atoms with Gasteiger partial charge in [0.25, 0.3) is 10.0 Å². The van der Waals surface area contributed by atoms with E-state index >= 15 is 0 Å². The van der Waals surface area contributed by atoms with E-state index in [2.05, 4.69) is 5.32 Å². The van der Waals surface area contributed by atoms with Crippen molar-refractivity contribution in [1.29, 1.82) is 0 Å². The fourth-order valence-corrected chi connectivity index (χ4v) is 6.75. The molecule has 0 saturated carbocycles. The maximum absolute atomic E-state index is 14.4. The van der Waals surface area contributed by atoms with Crippen molar-refractivity contribution >= 4 is 50.7 Å². The Morgan fingerprint density at radius 3 is 2.07 bits per heavy atom. The summed E-state index contributed by atoms with van der Waals surface area (Å²) in [5.74, 6) is -0.900. The van der Waals surface area contributed by atoms with E-state index in [-0.39, 0.29) is 23.8 Å². The molecule has 0 spiro atoms. The third-order valence-corrected chi connectivity index (χ3v) is 9.15. The molecule has 0 bridgehead atoms. The Morgan fingerprint density at radius 2 is 1.44 bits per heavy atom. The molecule has 224 valence electrons. The van der Waals surface area contributed by atoms with Gasteiger partial charge >= 0.3 is 0 Å². The van der Waals surface area contributed by atoms with Crippen LogP contribution in [-0.2, 0) is 32.6 Å². The van der Waals surface area contributed by atoms with Crippen LogP contribution in [0.4, 0.5) is 5.69 Å². The quantitative estimate of drug-likeness (QED) is 0.198. The summed E-state index contributed by atoms with van der Waals surface area (Å²) in [5.41, 5.74) is 2.43. The van der Waals surface area contributed by atoms with Crippen molar-refractivity contribution < 1.29 is 18.0 Å². The normalized spacial score (nSPS) is 11.9. The zero-order valence-corrected chi connectivity index (χ0v) is 26.2. The van der Waals surface area contributed by atoms with Gasteiger partial charge in [-0.2, -0.15) is 0 Å². The van der Waals surface area contributed by atoms with Gasteiger partial charge in [0.15, 0.2) is 0 Å². The molecule has 0 aliphatic rings. The van der Waals surface area contributed by atoms with Gasteiger partial charge in [0, 0.05) is 29.6 Å². The standard InChI is InChI=1S/C33H33Cl2N3O4S/c1-3-36-33(40)31(21-25-11-6-4-7-12-25)37(22-26-13-10-14-27(34)20-26)32(39)23-38(30-18-17-28(35)19-24(30)2)43(41,42)29-15-8-5-9-16-29/h4-20,31H,3,21-23H2,1-2H3,(H,36,40)/t31-/m1/s1. The van der Waals surface area contributed by atoms with Crippen LogP contribution in [0.3, 0.4) is 0 Å². The van der Waals surface area contributed by atoms with Gasteiger partial charge in [0.05, 0.1) is 10.6 Å². The van der Waals surface area contributed by atoms with Crippen LogP contribution in [0.25, 0.3) is 0 Å². The number of carbonyl (C=O) groups is 2. The molecule has 0 aliphatic heterocycles. The maximum Gasteiger partial charge on any atom is 0.264 e. The lowest BCUT2D eigenvalue weighted by molar-refractivity contribution is -0.140. The number of anilines is 1. The summed E-state index contributed by atoms with van der Waals surface area (Å²) >= 11 is 12.5. The second-order valence-electron chi connectivity index (χ2n) is 10.0. The summed E-state index contributed by atoms with van der Waals surface area (Å²) in [6.07, 6.45) is 0.227. The molecule has 1 atom stereocenters. The molecule has 4 aromatic rings. The summed E-state index contributed by atoms with van der Waals surface area (Å²) in [6.45, 7) is 3.38. The van der Waals surface area contributed by atoms with Crippen molar-refractivity contribution in [2.75, 3.05) is 17.4 Å². The highest BCUT2D eigenvalue weighted by Crippen LogP contribution is 2.29. The number of aryl methyl sites for hydroxylation is 1. The first-order chi connectivity index (χ1) is 20.6. The summed E-state index contributed by atoms with van der Waals surface area (Å²) < 4.78 is 29.2. The third kappa shape index (κ3) is 8.16. The average Bonchev–Trinajstić information content (AvgIpc) is 2.99. The van der Waals surface area contributed by atoms with E-state index in [1.165, 1.54) is 17.0 Å². The van der Waals surface area contributed by atoms with Crippen molar-refractivity contribution in [3.63, 3.8) is 0 Å². The fraction of sp³-hybridized carbons (Fsp3) is 0.212. The average molecular weight is 639 g/mol. The number of benzene rings is 4. The minimum Gasteiger partial charge on any atom is -0.355 e. The fourth-order valence-electron chi connectivity index (χ4n) is 4.81. The lowest BCUT2D eigenvalue weighted by Crippen LogP contribution is -2.53. The lowest BCUT2D eigenvalue weighted by Gasteiger charge is -2.34. The highest BCUT2D eigenvalue weighted by Gasteiger charge is 2.35. The van der Waals surface area contributed by atoms with Gasteiger partial charge in [-0.3, -0.25) is 13.9 Å². The van der Waals surface area contributed by atoms with E-state index in [9.17, 15) is 18.0 Å². The molecule has 1 N–H and O–H groups in total. The number of hydrogen-bond acceptors (Lipinski definition) is 4. The predicted octanol–water partition coefficient (Wildman–Crippen LogP) is 6.27. The van der Waals surface area contributed by atoms with Crippen molar-refractivity contribution in [1.82, 2.24) is 10.2 Å². The topological polar surface area (TPSA) is 86.8 Å². The zero-order chi connectivity index (χ0) is 31.0. The number of sulfonamides is 1. The molecule has 0 fully saturated rings. The zero-order valence-electron chi connectivity index (χ0n) is 23.9. The molecule has 0 heterocycles. The Hall–Kier alpha value is -3.85. The van der Waals surface area contributed by atoms with Crippen molar-refractivity contribution in [3.8, 4) is 0 Å². The molecule has 10 heteroatoms. The van der Waals surface area contributed by atoms with Gasteiger partial charge in [0.2, 0.25) is 11.8 Å². The number of nitrogens with zero attached hydrogens (tertiary/aromatic N) is 2. The predicted molar refractivity (Wildman–Crippen MR) is 172 cm³/mol. The molecule has 0 unspecified atom stereocenters. The van der Waals surface area contributed by atoms with Crippen LogP contribution in [-0.4, -0.2) is 44.3 Å². The van der Waals surface area contributed by atoms with Crippen molar-refractivity contribution in [2.45, 2.75) is 37.8 Å². The summed E-state index contributed by atoms with van der Waals surface area (Å²) in [4.78, 5) is 29.4. The Kier molecular flexibility index (Phi) is 10.9. The SMILES string of the molecule is CCNC(=O)[C@@H](Cc1ccccc1)N(Cc1cccc(Cl)c1)C(=O)CN(c1ccc(Cl)cc1C)S(=O)(=O)c1ccccc1. The van der Waals surface area contributed by atoms with Crippen LogP contribution in [0.1, 0.15) is 23.6 Å². The minimum absolute atomic E-state index is 0.0307. The van der Waals surface area contributed by atoms with Gasteiger partial charge in [-0.15, -0.1) is 0 Å². The molecular weight excluding hydrogens is 605 g/mol. The first kappa shape index (κ1) is 32.1. The van der Waals surface area contributed by atoms with Crippen LogP contribution in [0.5, 0.6) is 0 Å². The van der Waals surface area contributed by atoms with E-state index in [0.29, 0.717) is 33.4 Å². The Labute approximate surface area is 263 Å². The minimum atomic E-state index is -4.19. The van der Waals surface area contributed by atoms with E-state index in [0.717, 1.165) is 9.87 Å². The summed E-state index contributed by atoms with van der Waals surface area (Å²) in [5, 5.41) is 3.77. The van der Waals surface area contributed by atoms with E-state index < -0.39 is 28.5 Å². The number of nitrogens with one attached hydrogen (secondary N) is 1. The van der Waals surface area contributed by atoms with Gasteiger partial charge in [-0.1, -0.05) is 83.9 Å². The number of likely N-dealkylation sites (N-methyl/N-ethyl adjacent to an activating group) is 1. The number of halogens is 2. The number of amides is 2. The highest BCUT2D eigenvalue weighted by molar-refractivity contribution is 7.92. The summed E-state index contributed by atoms with van der Waals surface area (Å²) in [6, 6.07) is 28.2. The molecule has 4 rings (SSSR count). The maximum atomic E-state index is 14.4. The van der Waals surface area contributed by atoms with Gasteiger partial charge in [-0.25, -0.2) is 8.42 Å². The molecule has 0 aromatic heterocycles. The van der Waals surface area contributed by atoms with Gasteiger partial charge in [0.1, 0.15) is 12.6 Å². The monoisotopic (exact) mass is 637 g/mol. The van der Waals surface area contributed by atoms with E-state index in [1.54, 1.807) is 68.4 Å². The molecule has 0 aliphatic carbocycles. The van der Waals surface area contributed by atoms with Gasteiger partial charge < -0.3 is 10.2 Å². The van der Waals surface area contributed by atoms with Crippen LogP contribution in [0.2, 0.25) is 10.0 Å². The molecule has 4 aromatic carbocycles. The third-order valence-electron chi connectivity index (χ3n) is 6.90. The Morgan fingerprint density at radius 1 is 0.814 bits per heavy atom. The van der Waals surface area contributed by atoms with Crippen molar-refractivity contribution in [2.24, 2.45) is 0 Å².